The highest BCUT2D eigenvalue weighted by Gasteiger charge is 2.28. The van der Waals surface area contributed by atoms with Gasteiger partial charge in [-0.1, -0.05) is 26.2 Å². The van der Waals surface area contributed by atoms with Crippen LogP contribution in [0.5, 0.6) is 0 Å². The van der Waals surface area contributed by atoms with Crippen molar-refractivity contribution in [1.29, 1.82) is 0 Å². The van der Waals surface area contributed by atoms with E-state index in [1.807, 2.05) is 6.92 Å². The van der Waals surface area contributed by atoms with Gasteiger partial charge in [0.05, 0.1) is 0 Å². The van der Waals surface area contributed by atoms with Gasteiger partial charge in [-0.05, 0) is 6.42 Å². The SMILES string of the molecule is CCCCCCN(CF)c1c(F)c(F)c(F)c(F)c1F. The molecule has 1 aromatic carbocycles. The Labute approximate surface area is 113 Å². The van der Waals surface area contributed by atoms with E-state index < -0.39 is 41.6 Å². The van der Waals surface area contributed by atoms with Gasteiger partial charge >= 0.3 is 0 Å². The number of unbranched alkanes of at least 4 members (excludes halogenated alkanes) is 3. The van der Waals surface area contributed by atoms with Crippen molar-refractivity contribution in [2.24, 2.45) is 0 Å². The van der Waals surface area contributed by atoms with Crippen LogP contribution in [0.25, 0.3) is 0 Å². The molecular formula is C13H15F6N. The molecule has 0 radical (unpaired) electrons. The monoisotopic (exact) mass is 299 g/mol. The highest BCUT2D eigenvalue weighted by atomic mass is 19.2. The molecule has 0 atom stereocenters. The van der Waals surface area contributed by atoms with Crippen LogP contribution >= 0.6 is 0 Å². The maximum absolute atomic E-state index is 13.5. The smallest absolute Gasteiger partial charge is 0.200 e. The number of halogens is 6. The van der Waals surface area contributed by atoms with Crippen molar-refractivity contribution >= 4 is 5.69 Å². The van der Waals surface area contributed by atoms with E-state index in [2.05, 4.69) is 0 Å². The zero-order valence-electron chi connectivity index (χ0n) is 11.0. The average molecular weight is 299 g/mol. The van der Waals surface area contributed by atoms with Crippen molar-refractivity contribution in [2.45, 2.75) is 32.6 Å². The number of hydrogen-bond acceptors (Lipinski definition) is 1. The van der Waals surface area contributed by atoms with Crippen LogP contribution in [-0.2, 0) is 0 Å². The van der Waals surface area contributed by atoms with E-state index >= 15 is 0 Å². The molecule has 1 nitrogen and oxygen atoms in total. The van der Waals surface area contributed by atoms with Gasteiger partial charge in [0.1, 0.15) is 5.69 Å². The maximum atomic E-state index is 13.5. The molecule has 0 fully saturated rings. The average Bonchev–Trinajstić information content (AvgIpc) is 2.45. The number of benzene rings is 1. The predicted octanol–water partition coefficient (Wildman–Crippen LogP) is 4.70. The lowest BCUT2D eigenvalue weighted by Crippen LogP contribution is -2.27. The normalized spacial score (nSPS) is 10.9. The van der Waals surface area contributed by atoms with Gasteiger partial charge in [0, 0.05) is 6.54 Å². The Balaban J connectivity index is 3.03. The molecule has 0 bridgehead atoms. The van der Waals surface area contributed by atoms with Gasteiger partial charge in [-0.3, -0.25) is 0 Å². The van der Waals surface area contributed by atoms with E-state index in [1.165, 1.54) is 0 Å². The van der Waals surface area contributed by atoms with E-state index in [-0.39, 0.29) is 6.54 Å². The fraction of sp³-hybridized carbons (Fsp3) is 0.538. The minimum Gasteiger partial charge on any atom is -0.339 e. The van der Waals surface area contributed by atoms with Gasteiger partial charge in [-0.25, -0.2) is 26.3 Å². The third-order valence-electron chi connectivity index (χ3n) is 2.93. The van der Waals surface area contributed by atoms with Crippen molar-refractivity contribution in [1.82, 2.24) is 0 Å². The van der Waals surface area contributed by atoms with Gasteiger partial charge in [0.2, 0.25) is 5.82 Å². The number of anilines is 1. The Morgan fingerprint density at radius 2 is 1.25 bits per heavy atom. The molecule has 0 aliphatic heterocycles. The number of rotatable bonds is 7. The highest BCUT2D eigenvalue weighted by Crippen LogP contribution is 2.30. The van der Waals surface area contributed by atoms with Gasteiger partial charge < -0.3 is 4.90 Å². The fourth-order valence-electron chi connectivity index (χ4n) is 1.83. The van der Waals surface area contributed by atoms with Crippen molar-refractivity contribution in [3.8, 4) is 0 Å². The van der Waals surface area contributed by atoms with E-state index in [4.69, 9.17) is 0 Å². The molecule has 1 rings (SSSR count). The van der Waals surface area contributed by atoms with Gasteiger partial charge in [0.25, 0.3) is 0 Å². The molecule has 0 saturated carbocycles. The Morgan fingerprint density at radius 1 is 0.750 bits per heavy atom. The van der Waals surface area contributed by atoms with Crippen LogP contribution in [0.4, 0.5) is 32.0 Å². The maximum Gasteiger partial charge on any atom is 0.200 e. The largest absolute Gasteiger partial charge is 0.339 e. The fourth-order valence-corrected chi connectivity index (χ4v) is 1.83. The Morgan fingerprint density at radius 3 is 1.70 bits per heavy atom. The van der Waals surface area contributed by atoms with Crippen LogP contribution in [0.2, 0.25) is 0 Å². The molecule has 0 N–H and O–H groups in total. The summed E-state index contributed by atoms with van der Waals surface area (Å²) in [5.74, 6) is -10.4. The number of nitrogens with zero attached hydrogens (tertiary/aromatic N) is 1. The second kappa shape index (κ2) is 7.40. The van der Waals surface area contributed by atoms with Gasteiger partial charge in [0.15, 0.2) is 30.1 Å². The molecule has 20 heavy (non-hydrogen) atoms. The molecule has 0 saturated heterocycles. The molecule has 1 aromatic rings. The van der Waals surface area contributed by atoms with Crippen LogP contribution in [-0.4, -0.2) is 13.3 Å². The lowest BCUT2D eigenvalue weighted by molar-refractivity contribution is 0.371. The van der Waals surface area contributed by atoms with E-state index in [1.54, 1.807) is 0 Å². The summed E-state index contributed by atoms with van der Waals surface area (Å²) in [7, 11) is 0. The van der Waals surface area contributed by atoms with Crippen molar-refractivity contribution in [2.75, 3.05) is 18.2 Å². The highest BCUT2D eigenvalue weighted by molar-refractivity contribution is 5.50. The summed E-state index contributed by atoms with van der Waals surface area (Å²) in [6.07, 6.45) is 2.83. The van der Waals surface area contributed by atoms with Crippen LogP contribution < -0.4 is 4.90 Å². The second-order valence-corrected chi connectivity index (χ2v) is 4.36. The Bertz CT molecular complexity index is 434. The van der Waals surface area contributed by atoms with Crippen LogP contribution in [0, 0.1) is 29.1 Å². The summed E-state index contributed by atoms with van der Waals surface area (Å²) in [6, 6.07) is 0. The van der Waals surface area contributed by atoms with Crippen molar-refractivity contribution in [3.05, 3.63) is 29.1 Å². The summed E-state index contributed by atoms with van der Waals surface area (Å²) >= 11 is 0. The third-order valence-corrected chi connectivity index (χ3v) is 2.93. The first kappa shape index (κ1) is 16.7. The molecule has 0 amide bonds. The zero-order chi connectivity index (χ0) is 15.3. The molecule has 0 heterocycles. The summed E-state index contributed by atoms with van der Waals surface area (Å²) in [5, 5.41) is 0. The summed E-state index contributed by atoms with van der Waals surface area (Å²) in [6.45, 7) is 0.496. The second-order valence-electron chi connectivity index (χ2n) is 4.36. The molecule has 0 spiro atoms. The molecule has 7 heteroatoms. The molecule has 0 unspecified atom stereocenters. The summed E-state index contributed by atoms with van der Waals surface area (Å²) < 4.78 is 78.7. The quantitative estimate of drug-likeness (QED) is 0.232. The molecule has 0 aliphatic rings. The molecule has 0 aliphatic carbocycles. The molecular weight excluding hydrogens is 284 g/mol. The Kier molecular flexibility index (Phi) is 6.16. The Hall–Kier alpha value is -1.40. The van der Waals surface area contributed by atoms with E-state index in [0.717, 1.165) is 12.8 Å². The van der Waals surface area contributed by atoms with Crippen LogP contribution in [0.3, 0.4) is 0 Å². The summed E-state index contributed by atoms with van der Waals surface area (Å²) in [4.78, 5) is 0.520. The standard InChI is InChI=1S/C13H15F6N/c1-2-3-4-5-6-20(7-14)13-11(18)9(16)8(15)10(17)12(13)19/h2-7H2,1H3. The first-order valence-electron chi connectivity index (χ1n) is 6.28. The van der Waals surface area contributed by atoms with Crippen molar-refractivity contribution in [3.63, 3.8) is 0 Å². The molecule has 0 aromatic heterocycles. The zero-order valence-corrected chi connectivity index (χ0v) is 11.0. The van der Waals surface area contributed by atoms with E-state index in [9.17, 15) is 26.3 Å². The van der Waals surface area contributed by atoms with Crippen LogP contribution in [0.15, 0.2) is 0 Å². The lowest BCUT2D eigenvalue weighted by Gasteiger charge is -2.22. The predicted molar refractivity (Wildman–Crippen MR) is 63.7 cm³/mol. The van der Waals surface area contributed by atoms with Gasteiger partial charge in [-0.2, -0.15) is 0 Å². The third kappa shape index (κ3) is 3.37. The number of hydrogen-bond donors (Lipinski definition) is 0. The minimum atomic E-state index is -2.24. The topological polar surface area (TPSA) is 3.24 Å². The van der Waals surface area contributed by atoms with Crippen LogP contribution in [0.1, 0.15) is 32.6 Å². The first-order valence-corrected chi connectivity index (χ1v) is 6.28. The number of alkyl halides is 1. The van der Waals surface area contributed by atoms with E-state index in [0.29, 0.717) is 17.7 Å². The van der Waals surface area contributed by atoms with Gasteiger partial charge in [-0.15, -0.1) is 0 Å². The molecule has 114 valence electrons. The lowest BCUT2D eigenvalue weighted by atomic mass is 10.2. The minimum absolute atomic E-state index is 0.116. The van der Waals surface area contributed by atoms with Crippen molar-refractivity contribution < 1.29 is 26.3 Å². The first-order chi connectivity index (χ1) is 9.45. The summed E-state index contributed by atoms with van der Waals surface area (Å²) in [5.41, 5.74) is -1.21.